The van der Waals surface area contributed by atoms with Gasteiger partial charge < -0.3 is 10.6 Å². The van der Waals surface area contributed by atoms with Gasteiger partial charge in [0.25, 0.3) is 0 Å². The van der Waals surface area contributed by atoms with Crippen LogP contribution in [0.15, 0.2) is 0 Å². The van der Waals surface area contributed by atoms with E-state index in [1.807, 2.05) is 0 Å². The van der Waals surface area contributed by atoms with Gasteiger partial charge in [0.2, 0.25) is 5.91 Å². The van der Waals surface area contributed by atoms with Crippen molar-refractivity contribution in [3.63, 3.8) is 0 Å². The molecule has 1 aliphatic heterocycles. The zero-order valence-corrected chi connectivity index (χ0v) is 13.9. The highest BCUT2D eigenvalue weighted by Gasteiger charge is 2.22. The van der Waals surface area contributed by atoms with Crippen LogP contribution in [0.2, 0.25) is 0 Å². The molecule has 0 aliphatic carbocycles. The third-order valence-electron chi connectivity index (χ3n) is 3.83. The van der Waals surface area contributed by atoms with Crippen molar-refractivity contribution >= 4 is 5.91 Å². The molecule has 3 atom stereocenters. The first-order valence-electron chi connectivity index (χ1n) is 8.14. The molecule has 1 amide bonds. The molecule has 0 aromatic rings. The van der Waals surface area contributed by atoms with Crippen molar-refractivity contribution in [2.75, 3.05) is 19.6 Å². The molecule has 1 heterocycles. The van der Waals surface area contributed by atoms with Gasteiger partial charge in [-0.1, -0.05) is 26.7 Å². The molecule has 0 aromatic heterocycles. The first-order chi connectivity index (χ1) is 9.36. The molecule has 4 nitrogen and oxygen atoms in total. The van der Waals surface area contributed by atoms with Crippen molar-refractivity contribution in [3.05, 3.63) is 0 Å². The Balaban J connectivity index is 2.21. The molecule has 1 saturated heterocycles. The van der Waals surface area contributed by atoms with Crippen molar-refractivity contribution in [2.45, 2.75) is 72.0 Å². The zero-order chi connectivity index (χ0) is 15.1. The zero-order valence-electron chi connectivity index (χ0n) is 13.9. The van der Waals surface area contributed by atoms with Crippen molar-refractivity contribution in [2.24, 2.45) is 5.92 Å². The fraction of sp³-hybridized carbons (Fsp3) is 0.938. The summed E-state index contributed by atoms with van der Waals surface area (Å²) >= 11 is 0. The quantitative estimate of drug-likeness (QED) is 0.751. The highest BCUT2D eigenvalue weighted by atomic mass is 16.2. The minimum atomic E-state index is 0.170. The van der Waals surface area contributed by atoms with E-state index in [2.05, 4.69) is 50.2 Å². The summed E-state index contributed by atoms with van der Waals surface area (Å²) in [6.45, 7) is 13.4. The fourth-order valence-corrected chi connectivity index (χ4v) is 3.00. The number of nitrogens with one attached hydrogen (secondary N) is 2. The van der Waals surface area contributed by atoms with E-state index in [4.69, 9.17) is 0 Å². The summed E-state index contributed by atoms with van der Waals surface area (Å²) in [4.78, 5) is 14.3. The standard InChI is InChI=1S/C16H33N3O/c1-12(2)7-6-8-13(3)18-16(20)11-19-9-14(4)17-15(5)10-19/h12-15,17H,6-11H2,1-5H3,(H,18,20). The molecule has 4 heteroatoms. The second-order valence-electron chi connectivity index (χ2n) is 6.96. The Labute approximate surface area is 124 Å². The molecule has 0 aromatic carbocycles. The predicted octanol–water partition coefficient (Wildman–Crippen LogP) is 2.00. The second kappa shape index (κ2) is 8.63. The number of hydrogen-bond donors (Lipinski definition) is 2. The summed E-state index contributed by atoms with van der Waals surface area (Å²) in [7, 11) is 0. The Morgan fingerprint density at radius 2 is 1.80 bits per heavy atom. The Kier molecular flexibility index (Phi) is 7.52. The molecule has 0 spiro atoms. The smallest absolute Gasteiger partial charge is 0.234 e. The van der Waals surface area contributed by atoms with Crippen LogP contribution in [0.25, 0.3) is 0 Å². The molecular weight excluding hydrogens is 250 g/mol. The number of rotatable bonds is 7. The van der Waals surface area contributed by atoms with Gasteiger partial charge >= 0.3 is 0 Å². The van der Waals surface area contributed by atoms with Gasteiger partial charge in [-0.05, 0) is 33.1 Å². The summed E-state index contributed by atoms with van der Waals surface area (Å²) in [5, 5.41) is 6.62. The number of amides is 1. The largest absolute Gasteiger partial charge is 0.353 e. The van der Waals surface area contributed by atoms with Crippen LogP contribution in [0.4, 0.5) is 0 Å². The normalized spacial score (nSPS) is 25.7. The Hall–Kier alpha value is -0.610. The third kappa shape index (κ3) is 7.25. The molecule has 2 N–H and O–H groups in total. The number of carbonyl (C=O) groups is 1. The van der Waals surface area contributed by atoms with E-state index in [9.17, 15) is 4.79 Å². The number of nitrogens with zero attached hydrogens (tertiary/aromatic N) is 1. The number of piperazine rings is 1. The number of hydrogen-bond acceptors (Lipinski definition) is 3. The van der Waals surface area contributed by atoms with Gasteiger partial charge in [-0.3, -0.25) is 9.69 Å². The molecule has 20 heavy (non-hydrogen) atoms. The van der Waals surface area contributed by atoms with Crippen molar-refractivity contribution in [3.8, 4) is 0 Å². The Bertz CT molecular complexity index is 283. The minimum Gasteiger partial charge on any atom is -0.353 e. The van der Waals surface area contributed by atoms with Crippen molar-refractivity contribution in [1.29, 1.82) is 0 Å². The van der Waals surface area contributed by atoms with Crippen LogP contribution < -0.4 is 10.6 Å². The first-order valence-corrected chi connectivity index (χ1v) is 8.14. The first kappa shape index (κ1) is 17.4. The second-order valence-corrected chi connectivity index (χ2v) is 6.96. The van der Waals surface area contributed by atoms with Crippen LogP contribution in [0.1, 0.15) is 53.9 Å². The average Bonchev–Trinajstić information content (AvgIpc) is 2.25. The molecule has 0 bridgehead atoms. The molecule has 3 unspecified atom stereocenters. The van der Waals surface area contributed by atoms with Gasteiger partial charge in [0.05, 0.1) is 6.54 Å². The summed E-state index contributed by atoms with van der Waals surface area (Å²) < 4.78 is 0. The monoisotopic (exact) mass is 283 g/mol. The molecule has 0 saturated carbocycles. The highest BCUT2D eigenvalue weighted by Crippen LogP contribution is 2.08. The maximum atomic E-state index is 12.1. The van der Waals surface area contributed by atoms with Crippen LogP contribution in [0.5, 0.6) is 0 Å². The predicted molar refractivity (Wildman–Crippen MR) is 84.8 cm³/mol. The molecule has 1 fully saturated rings. The fourth-order valence-electron chi connectivity index (χ4n) is 3.00. The van der Waals surface area contributed by atoms with E-state index in [0.717, 1.165) is 25.4 Å². The van der Waals surface area contributed by atoms with E-state index in [1.54, 1.807) is 0 Å². The Morgan fingerprint density at radius 1 is 1.20 bits per heavy atom. The van der Waals surface area contributed by atoms with Crippen molar-refractivity contribution in [1.82, 2.24) is 15.5 Å². The van der Waals surface area contributed by atoms with Crippen LogP contribution >= 0.6 is 0 Å². The van der Waals surface area contributed by atoms with E-state index in [1.165, 1.54) is 12.8 Å². The maximum absolute atomic E-state index is 12.1. The lowest BCUT2D eigenvalue weighted by Crippen LogP contribution is -2.56. The SMILES string of the molecule is CC(C)CCCC(C)NC(=O)CN1CC(C)NC(C)C1. The van der Waals surface area contributed by atoms with Crippen LogP contribution in [-0.2, 0) is 4.79 Å². The van der Waals surface area contributed by atoms with Gasteiger partial charge in [-0.25, -0.2) is 0 Å². The average molecular weight is 283 g/mol. The van der Waals surface area contributed by atoms with E-state index in [-0.39, 0.29) is 5.91 Å². The third-order valence-corrected chi connectivity index (χ3v) is 3.83. The van der Waals surface area contributed by atoms with E-state index < -0.39 is 0 Å². The molecule has 118 valence electrons. The molecular formula is C16H33N3O. The lowest BCUT2D eigenvalue weighted by atomic mass is 10.0. The Morgan fingerprint density at radius 3 is 2.35 bits per heavy atom. The highest BCUT2D eigenvalue weighted by molar-refractivity contribution is 5.78. The summed E-state index contributed by atoms with van der Waals surface area (Å²) in [5.41, 5.74) is 0. The van der Waals surface area contributed by atoms with Gasteiger partial charge in [-0.15, -0.1) is 0 Å². The van der Waals surface area contributed by atoms with Gasteiger partial charge in [-0.2, -0.15) is 0 Å². The summed E-state index contributed by atoms with van der Waals surface area (Å²) in [6.07, 6.45) is 3.52. The lowest BCUT2D eigenvalue weighted by Gasteiger charge is -2.35. The van der Waals surface area contributed by atoms with Crippen LogP contribution in [0, 0.1) is 5.92 Å². The van der Waals surface area contributed by atoms with Crippen molar-refractivity contribution < 1.29 is 4.79 Å². The lowest BCUT2D eigenvalue weighted by molar-refractivity contribution is -0.123. The van der Waals surface area contributed by atoms with Gasteiger partial charge in [0.1, 0.15) is 0 Å². The molecule has 1 aliphatic rings. The van der Waals surface area contributed by atoms with Crippen LogP contribution in [0.3, 0.4) is 0 Å². The summed E-state index contributed by atoms with van der Waals surface area (Å²) in [6, 6.07) is 1.23. The van der Waals surface area contributed by atoms with Crippen LogP contribution in [-0.4, -0.2) is 48.6 Å². The summed E-state index contributed by atoms with van der Waals surface area (Å²) in [5.74, 6) is 0.921. The van der Waals surface area contributed by atoms with E-state index in [0.29, 0.717) is 24.7 Å². The van der Waals surface area contributed by atoms with Gasteiger partial charge in [0, 0.05) is 31.2 Å². The van der Waals surface area contributed by atoms with E-state index >= 15 is 0 Å². The molecule has 0 radical (unpaired) electrons. The number of carbonyl (C=O) groups excluding carboxylic acids is 1. The topological polar surface area (TPSA) is 44.4 Å². The van der Waals surface area contributed by atoms with Gasteiger partial charge in [0.15, 0.2) is 0 Å². The minimum absolute atomic E-state index is 0.170. The molecule has 1 rings (SSSR count). The maximum Gasteiger partial charge on any atom is 0.234 e.